The van der Waals surface area contributed by atoms with Gasteiger partial charge in [0.1, 0.15) is 18.4 Å². The Morgan fingerprint density at radius 1 is 1.03 bits per heavy atom. The summed E-state index contributed by atoms with van der Waals surface area (Å²) in [7, 11) is -4.05. The van der Waals surface area contributed by atoms with Gasteiger partial charge in [-0.1, -0.05) is 66.2 Å². The van der Waals surface area contributed by atoms with Gasteiger partial charge in [-0.3, -0.25) is 4.72 Å². The molecule has 0 aliphatic carbocycles. The highest BCUT2D eigenvalue weighted by Gasteiger charge is 2.19. The second kappa shape index (κ2) is 9.29. The summed E-state index contributed by atoms with van der Waals surface area (Å²) in [6, 6.07) is 23.8. The van der Waals surface area contributed by atoms with Crippen molar-refractivity contribution in [3.05, 3.63) is 100.0 Å². The molecule has 0 aromatic heterocycles. The predicted molar refractivity (Wildman–Crippen MR) is 119 cm³/mol. The smallest absolute Gasteiger partial charge is 0.272 e. The van der Waals surface area contributed by atoms with Crippen LogP contribution < -0.4 is 9.46 Å². The fourth-order valence-electron chi connectivity index (χ4n) is 2.91. The van der Waals surface area contributed by atoms with Crippen molar-refractivity contribution in [3.8, 4) is 11.8 Å². The van der Waals surface area contributed by atoms with E-state index in [9.17, 15) is 13.7 Å². The molecular formula is C24H22N2O3S. The van der Waals surface area contributed by atoms with Crippen LogP contribution in [0.2, 0.25) is 0 Å². The number of para-hydroxylation sites is 1. The average Bonchev–Trinajstić information content (AvgIpc) is 2.73. The Bertz CT molecular complexity index is 1210. The minimum Gasteiger partial charge on any atom is -0.488 e. The van der Waals surface area contributed by atoms with Gasteiger partial charge in [-0.2, -0.15) is 5.26 Å². The Balaban J connectivity index is 1.87. The number of hydrogen-bond acceptors (Lipinski definition) is 4. The first-order valence-electron chi connectivity index (χ1n) is 9.36. The Kier molecular flexibility index (Phi) is 6.55. The molecule has 0 aliphatic rings. The van der Waals surface area contributed by atoms with E-state index in [0.717, 1.165) is 16.7 Å². The lowest BCUT2D eigenvalue weighted by atomic mass is 10.1. The number of aryl methyl sites for hydroxylation is 2. The molecule has 30 heavy (non-hydrogen) atoms. The van der Waals surface area contributed by atoms with Crippen molar-refractivity contribution in [3.63, 3.8) is 0 Å². The molecule has 0 heterocycles. The number of nitrogens with one attached hydrogen (secondary N) is 1. The topological polar surface area (TPSA) is 79.2 Å². The summed E-state index contributed by atoms with van der Waals surface area (Å²) in [5.74, 6) is 0.496. The van der Waals surface area contributed by atoms with E-state index in [1.165, 1.54) is 6.08 Å². The van der Waals surface area contributed by atoms with E-state index >= 15 is 0 Å². The summed E-state index contributed by atoms with van der Waals surface area (Å²) in [6.45, 7) is 4.08. The van der Waals surface area contributed by atoms with Crippen molar-refractivity contribution in [2.24, 2.45) is 0 Å². The fraction of sp³-hybridized carbons (Fsp3) is 0.125. The minimum atomic E-state index is -4.05. The van der Waals surface area contributed by atoms with Crippen molar-refractivity contribution < 1.29 is 13.2 Å². The molecule has 0 fully saturated rings. The van der Waals surface area contributed by atoms with Crippen molar-refractivity contribution >= 4 is 21.8 Å². The van der Waals surface area contributed by atoms with Crippen molar-refractivity contribution in [2.45, 2.75) is 20.5 Å². The Morgan fingerprint density at radius 2 is 1.73 bits per heavy atom. The monoisotopic (exact) mass is 418 g/mol. The van der Waals surface area contributed by atoms with Crippen LogP contribution in [0.5, 0.6) is 5.75 Å². The van der Waals surface area contributed by atoms with E-state index < -0.39 is 14.9 Å². The van der Waals surface area contributed by atoms with E-state index in [2.05, 4.69) is 4.72 Å². The van der Waals surface area contributed by atoms with Gasteiger partial charge >= 0.3 is 0 Å². The summed E-state index contributed by atoms with van der Waals surface area (Å²) in [5, 5.41) is 9.53. The maximum Gasteiger partial charge on any atom is 0.272 e. The van der Waals surface area contributed by atoms with E-state index in [1.807, 2.05) is 56.3 Å². The second-order valence-corrected chi connectivity index (χ2v) is 8.51. The van der Waals surface area contributed by atoms with Crippen LogP contribution in [0, 0.1) is 25.2 Å². The van der Waals surface area contributed by atoms with Gasteiger partial charge < -0.3 is 4.74 Å². The highest BCUT2D eigenvalue weighted by atomic mass is 32.2. The molecule has 5 nitrogen and oxygen atoms in total. The third-order valence-electron chi connectivity index (χ3n) is 4.47. The lowest BCUT2D eigenvalue weighted by Crippen LogP contribution is -2.15. The molecule has 152 valence electrons. The largest absolute Gasteiger partial charge is 0.488 e. The zero-order valence-corrected chi connectivity index (χ0v) is 17.6. The molecule has 0 aliphatic heterocycles. The second-order valence-electron chi connectivity index (χ2n) is 6.86. The zero-order valence-electron chi connectivity index (χ0n) is 16.8. The number of rotatable bonds is 7. The molecule has 0 spiro atoms. The summed E-state index contributed by atoms with van der Waals surface area (Å²) in [4.78, 5) is -0.391. The molecule has 1 N–H and O–H groups in total. The predicted octanol–water partition coefficient (Wildman–Crippen LogP) is 5.19. The molecule has 0 unspecified atom stereocenters. The number of sulfonamides is 1. The lowest BCUT2D eigenvalue weighted by Gasteiger charge is -2.12. The van der Waals surface area contributed by atoms with Crippen LogP contribution >= 0.6 is 0 Å². The first kappa shape index (κ1) is 21.2. The third kappa shape index (κ3) is 5.28. The summed E-state index contributed by atoms with van der Waals surface area (Å²) < 4.78 is 34.0. The molecule has 0 saturated heterocycles. The highest BCUT2D eigenvalue weighted by molar-refractivity contribution is 7.97. The number of ether oxygens (including phenoxy) is 1. The summed E-state index contributed by atoms with van der Waals surface area (Å²) in [6.07, 6.45) is 1.33. The van der Waals surface area contributed by atoms with Crippen molar-refractivity contribution in [1.29, 1.82) is 5.26 Å². The fourth-order valence-corrected chi connectivity index (χ4v) is 3.94. The van der Waals surface area contributed by atoms with E-state index in [-0.39, 0.29) is 0 Å². The number of hydrogen-bond donors (Lipinski definition) is 1. The number of anilines is 1. The van der Waals surface area contributed by atoms with Gasteiger partial charge in [-0.15, -0.1) is 0 Å². The molecule has 0 atom stereocenters. The average molecular weight is 419 g/mol. The molecule has 0 saturated carbocycles. The quantitative estimate of drug-likeness (QED) is 0.536. The van der Waals surface area contributed by atoms with Crippen LogP contribution in [-0.4, -0.2) is 8.42 Å². The van der Waals surface area contributed by atoms with Gasteiger partial charge in [0.25, 0.3) is 10.0 Å². The van der Waals surface area contributed by atoms with Crippen LogP contribution in [0.1, 0.15) is 22.3 Å². The minimum absolute atomic E-state index is 0.334. The van der Waals surface area contributed by atoms with E-state index in [0.29, 0.717) is 23.6 Å². The molecule has 6 heteroatoms. The SMILES string of the molecule is Cc1ccc(NS(=O)(=O)/C(C#N)=C/c2ccccc2OCc2ccccc2)c(C)c1. The maximum atomic E-state index is 12.8. The molecular weight excluding hydrogens is 396 g/mol. The summed E-state index contributed by atoms with van der Waals surface area (Å²) >= 11 is 0. The number of nitriles is 1. The van der Waals surface area contributed by atoms with E-state index in [4.69, 9.17) is 4.74 Å². The molecule has 0 amide bonds. The Morgan fingerprint density at radius 3 is 2.43 bits per heavy atom. The molecule has 3 rings (SSSR count). The number of nitrogens with zero attached hydrogens (tertiary/aromatic N) is 1. The van der Waals surface area contributed by atoms with Gasteiger partial charge in [-0.25, -0.2) is 8.42 Å². The first-order chi connectivity index (χ1) is 14.4. The molecule has 3 aromatic rings. The van der Waals surface area contributed by atoms with Crippen LogP contribution in [-0.2, 0) is 16.6 Å². The van der Waals surface area contributed by atoms with Crippen LogP contribution in [0.15, 0.2) is 77.7 Å². The third-order valence-corrected chi connectivity index (χ3v) is 5.75. The van der Waals surface area contributed by atoms with Crippen molar-refractivity contribution in [2.75, 3.05) is 4.72 Å². The summed E-state index contributed by atoms with van der Waals surface area (Å²) in [5.41, 5.74) is 3.74. The van der Waals surface area contributed by atoms with Gasteiger partial charge in [0.15, 0.2) is 4.91 Å². The lowest BCUT2D eigenvalue weighted by molar-refractivity contribution is 0.305. The van der Waals surface area contributed by atoms with Crippen LogP contribution in [0.4, 0.5) is 5.69 Å². The maximum absolute atomic E-state index is 12.8. The molecule has 0 radical (unpaired) electrons. The molecule has 0 bridgehead atoms. The highest BCUT2D eigenvalue weighted by Crippen LogP contribution is 2.25. The van der Waals surface area contributed by atoms with E-state index in [1.54, 1.807) is 36.4 Å². The van der Waals surface area contributed by atoms with Crippen LogP contribution in [0.25, 0.3) is 6.08 Å². The molecule has 3 aromatic carbocycles. The van der Waals surface area contributed by atoms with Crippen LogP contribution in [0.3, 0.4) is 0 Å². The van der Waals surface area contributed by atoms with Crippen molar-refractivity contribution in [1.82, 2.24) is 0 Å². The van der Waals surface area contributed by atoms with Gasteiger partial charge in [0, 0.05) is 5.56 Å². The Labute approximate surface area is 177 Å². The number of allylic oxidation sites excluding steroid dienone is 1. The standard InChI is InChI=1S/C24H22N2O3S/c1-18-12-13-23(19(2)14-18)26-30(27,28)22(16-25)15-21-10-6-7-11-24(21)29-17-20-8-4-3-5-9-20/h3-15,26H,17H2,1-2H3/b22-15+. The number of benzene rings is 3. The van der Waals surface area contributed by atoms with Gasteiger partial charge in [0.2, 0.25) is 0 Å². The van der Waals surface area contributed by atoms with Gasteiger partial charge in [-0.05, 0) is 43.2 Å². The Hall–Kier alpha value is -3.56. The van der Waals surface area contributed by atoms with Gasteiger partial charge in [0.05, 0.1) is 5.69 Å². The normalized spacial score (nSPS) is 11.6. The zero-order chi connectivity index (χ0) is 21.6. The first-order valence-corrected chi connectivity index (χ1v) is 10.8.